The predicted molar refractivity (Wildman–Crippen MR) is 88.9 cm³/mol. The molecule has 1 aromatic heterocycles. The highest BCUT2D eigenvalue weighted by atomic mass is 16.6. The molecule has 122 valence electrons. The Morgan fingerprint density at radius 3 is 2.61 bits per heavy atom. The number of carbonyl (C=O) groups excluding carboxylic acids is 1. The lowest BCUT2D eigenvalue weighted by atomic mass is 10.0. The van der Waals surface area contributed by atoms with Crippen LogP contribution in [0.25, 0.3) is 11.4 Å². The third kappa shape index (κ3) is 3.09. The van der Waals surface area contributed by atoms with Crippen molar-refractivity contribution in [2.24, 2.45) is 7.05 Å². The zero-order valence-corrected chi connectivity index (χ0v) is 14.4. The third-order valence-corrected chi connectivity index (χ3v) is 4.01. The lowest BCUT2D eigenvalue weighted by Gasteiger charge is -2.24. The van der Waals surface area contributed by atoms with Gasteiger partial charge in [0, 0.05) is 38.1 Å². The maximum atomic E-state index is 12.3. The van der Waals surface area contributed by atoms with Gasteiger partial charge < -0.3 is 9.30 Å². The summed E-state index contributed by atoms with van der Waals surface area (Å²) in [5, 5.41) is 0. The minimum absolute atomic E-state index is 0.258. The molecular weight excluding hydrogens is 290 g/mol. The van der Waals surface area contributed by atoms with Crippen LogP contribution in [0, 0.1) is 6.92 Å². The number of fused-ring (bicyclic) bond motifs is 1. The lowest BCUT2D eigenvalue weighted by Crippen LogP contribution is -2.33. The Kier molecular flexibility index (Phi) is 3.66. The Labute approximate surface area is 136 Å². The fourth-order valence-electron chi connectivity index (χ4n) is 2.94. The molecule has 0 unspecified atom stereocenters. The van der Waals surface area contributed by atoms with E-state index in [1.165, 1.54) is 16.7 Å². The van der Waals surface area contributed by atoms with Gasteiger partial charge >= 0.3 is 6.09 Å². The molecule has 3 rings (SSSR count). The first kappa shape index (κ1) is 15.6. The van der Waals surface area contributed by atoms with Gasteiger partial charge in [-0.05, 0) is 56.5 Å². The van der Waals surface area contributed by atoms with Crippen LogP contribution < -0.4 is 0 Å². The average molecular weight is 313 g/mol. The van der Waals surface area contributed by atoms with E-state index < -0.39 is 5.60 Å². The molecule has 1 aliphatic rings. The molecule has 0 saturated carbocycles. The van der Waals surface area contributed by atoms with Crippen LogP contribution in [0.5, 0.6) is 0 Å². The number of ether oxygens (including phenoxy) is 1. The van der Waals surface area contributed by atoms with Gasteiger partial charge in [-0.2, -0.15) is 0 Å². The summed E-state index contributed by atoms with van der Waals surface area (Å²) < 4.78 is 7.49. The Morgan fingerprint density at radius 1 is 1.26 bits per heavy atom. The molecule has 0 radical (unpaired) electrons. The van der Waals surface area contributed by atoms with Gasteiger partial charge in [-0.3, -0.25) is 4.90 Å². The minimum Gasteiger partial charge on any atom is -0.444 e. The molecular formula is C18H23N3O2. The number of rotatable bonds is 1. The standard InChI is InChI=1S/C18H23N3O2/c1-12-8-13(16-19-6-7-20(16)5)9-14-10-21(11-15(12)14)17(22)23-18(2,3)4/h6-9H,10-11H2,1-5H3. The topological polar surface area (TPSA) is 47.4 Å². The number of aryl methyl sites for hydroxylation is 2. The van der Waals surface area contributed by atoms with E-state index in [-0.39, 0.29) is 6.09 Å². The Balaban J connectivity index is 1.87. The Morgan fingerprint density at radius 2 is 2.00 bits per heavy atom. The van der Waals surface area contributed by atoms with Crippen molar-refractivity contribution in [3.63, 3.8) is 0 Å². The second-order valence-corrected chi connectivity index (χ2v) is 7.13. The van der Waals surface area contributed by atoms with Crippen LogP contribution in [0.1, 0.15) is 37.5 Å². The number of nitrogens with zero attached hydrogens (tertiary/aromatic N) is 3. The average Bonchev–Trinajstić information content (AvgIpc) is 3.02. The molecule has 1 aromatic carbocycles. The van der Waals surface area contributed by atoms with E-state index in [4.69, 9.17) is 4.74 Å². The molecule has 2 aromatic rings. The summed E-state index contributed by atoms with van der Waals surface area (Å²) in [6, 6.07) is 4.27. The van der Waals surface area contributed by atoms with E-state index in [9.17, 15) is 4.79 Å². The van der Waals surface area contributed by atoms with Crippen LogP contribution >= 0.6 is 0 Å². The van der Waals surface area contributed by atoms with E-state index in [2.05, 4.69) is 24.0 Å². The zero-order valence-electron chi connectivity index (χ0n) is 14.4. The fraction of sp³-hybridized carbons (Fsp3) is 0.444. The smallest absolute Gasteiger partial charge is 0.410 e. The van der Waals surface area contributed by atoms with Gasteiger partial charge in [0.2, 0.25) is 0 Å². The first-order valence-corrected chi connectivity index (χ1v) is 7.82. The lowest BCUT2D eigenvalue weighted by molar-refractivity contribution is 0.0241. The van der Waals surface area contributed by atoms with Crippen molar-refractivity contribution >= 4 is 6.09 Å². The first-order valence-electron chi connectivity index (χ1n) is 7.82. The summed E-state index contributed by atoms with van der Waals surface area (Å²) in [7, 11) is 1.98. The number of aromatic nitrogens is 2. The summed E-state index contributed by atoms with van der Waals surface area (Å²) in [6.07, 6.45) is 3.47. The van der Waals surface area contributed by atoms with Crippen LogP contribution in [-0.4, -0.2) is 26.1 Å². The van der Waals surface area contributed by atoms with Crippen molar-refractivity contribution in [3.05, 3.63) is 41.2 Å². The number of hydrogen-bond acceptors (Lipinski definition) is 3. The minimum atomic E-state index is -0.473. The van der Waals surface area contributed by atoms with Crippen molar-refractivity contribution < 1.29 is 9.53 Å². The van der Waals surface area contributed by atoms with Gasteiger partial charge in [0.25, 0.3) is 0 Å². The van der Waals surface area contributed by atoms with Gasteiger partial charge in [0.05, 0.1) is 0 Å². The largest absolute Gasteiger partial charge is 0.444 e. The maximum absolute atomic E-state index is 12.3. The predicted octanol–water partition coefficient (Wildman–Crippen LogP) is 3.65. The van der Waals surface area contributed by atoms with Crippen molar-refractivity contribution in [1.82, 2.24) is 14.5 Å². The number of amides is 1. The van der Waals surface area contributed by atoms with E-state index >= 15 is 0 Å². The molecule has 0 atom stereocenters. The highest BCUT2D eigenvalue weighted by molar-refractivity contribution is 5.70. The third-order valence-electron chi connectivity index (χ3n) is 4.01. The SMILES string of the molecule is Cc1cc(-c2nccn2C)cc2c1CN(C(=O)OC(C)(C)C)C2. The molecule has 23 heavy (non-hydrogen) atoms. The van der Waals surface area contributed by atoms with E-state index in [1.54, 1.807) is 11.1 Å². The van der Waals surface area contributed by atoms with Gasteiger partial charge in [0.15, 0.2) is 0 Å². The molecule has 0 aliphatic carbocycles. The molecule has 5 heteroatoms. The molecule has 0 N–H and O–H groups in total. The van der Waals surface area contributed by atoms with Crippen molar-refractivity contribution in [2.45, 2.75) is 46.4 Å². The first-order chi connectivity index (χ1) is 10.7. The molecule has 0 fully saturated rings. The van der Waals surface area contributed by atoms with Crippen LogP contribution in [0.3, 0.4) is 0 Å². The summed E-state index contributed by atoms with van der Waals surface area (Å²) in [6.45, 7) is 8.94. The number of hydrogen-bond donors (Lipinski definition) is 0. The number of imidazole rings is 1. The van der Waals surface area contributed by atoms with Gasteiger partial charge in [-0.1, -0.05) is 0 Å². The Hall–Kier alpha value is -2.30. The molecule has 0 spiro atoms. The molecule has 2 heterocycles. The van der Waals surface area contributed by atoms with Gasteiger partial charge in [-0.15, -0.1) is 0 Å². The summed E-state index contributed by atoms with van der Waals surface area (Å²) in [5.41, 5.74) is 4.19. The Bertz CT molecular complexity index is 756. The van der Waals surface area contributed by atoms with Crippen LogP contribution in [-0.2, 0) is 24.9 Å². The van der Waals surface area contributed by atoms with Crippen molar-refractivity contribution in [3.8, 4) is 11.4 Å². The fourth-order valence-corrected chi connectivity index (χ4v) is 2.94. The van der Waals surface area contributed by atoms with Gasteiger partial charge in [0.1, 0.15) is 11.4 Å². The zero-order chi connectivity index (χ0) is 16.8. The maximum Gasteiger partial charge on any atom is 0.410 e. The molecule has 1 aliphatic heterocycles. The highest BCUT2D eigenvalue weighted by Gasteiger charge is 2.29. The van der Waals surface area contributed by atoms with Crippen molar-refractivity contribution in [1.29, 1.82) is 0 Å². The number of carbonyl (C=O) groups is 1. The van der Waals surface area contributed by atoms with E-state index in [1.807, 2.05) is 38.6 Å². The van der Waals surface area contributed by atoms with E-state index in [0.717, 1.165) is 11.4 Å². The second kappa shape index (κ2) is 5.41. The number of benzene rings is 1. The highest BCUT2D eigenvalue weighted by Crippen LogP contribution is 2.31. The quantitative estimate of drug-likeness (QED) is 0.807. The molecule has 0 bridgehead atoms. The normalized spacial score (nSPS) is 14.0. The summed E-state index contributed by atoms with van der Waals surface area (Å²) >= 11 is 0. The summed E-state index contributed by atoms with van der Waals surface area (Å²) in [4.78, 5) is 18.5. The summed E-state index contributed by atoms with van der Waals surface area (Å²) in [5.74, 6) is 0.937. The second-order valence-electron chi connectivity index (χ2n) is 7.13. The van der Waals surface area contributed by atoms with Gasteiger partial charge in [-0.25, -0.2) is 9.78 Å². The van der Waals surface area contributed by atoms with E-state index in [0.29, 0.717) is 13.1 Å². The van der Waals surface area contributed by atoms with Crippen LogP contribution in [0.2, 0.25) is 0 Å². The molecule has 0 saturated heterocycles. The molecule has 5 nitrogen and oxygen atoms in total. The van der Waals surface area contributed by atoms with Crippen LogP contribution in [0.4, 0.5) is 4.79 Å². The monoisotopic (exact) mass is 313 g/mol. The van der Waals surface area contributed by atoms with Crippen molar-refractivity contribution in [2.75, 3.05) is 0 Å². The van der Waals surface area contributed by atoms with Crippen LogP contribution in [0.15, 0.2) is 24.5 Å². The molecule has 1 amide bonds.